The van der Waals surface area contributed by atoms with Crippen LogP contribution in [0.15, 0.2) is 146 Å². The van der Waals surface area contributed by atoms with E-state index in [1.165, 1.54) is 0 Å². The third-order valence-corrected chi connectivity index (χ3v) is 10.7. The summed E-state index contributed by atoms with van der Waals surface area (Å²) in [6, 6.07) is 49.4. The quantitative estimate of drug-likeness (QED) is 0.118. The standard InChI is InChI=1S/C49H40O7/c50-35(27-53-41-21-17-31-9-1-5-13-37(31)46(41)47-38-14-6-2-10-32(38)19-23-43(47)55-30-36-29-52-36)28-54-42-22-18-33-11-3-7-15-39(33)48(42)49-40-16-8-4-12-34(40)20-24-44(49)56-45-25-26-51-45/h1-24,35-36,45,50H,25-30H2. The topological polar surface area (TPSA) is 78.9 Å². The maximum absolute atomic E-state index is 11.6. The van der Waals surface area contributed by atoms with Crippen LogP contribution in [0.1, 0.15) is 6.42 Å². The number of hydrogen-bond acceptors (Lipinski definition) is 7. The molecule has 0 bridgehead atoms. The number of rotatable bonds is 13. The molecule has 56 heavy (non-hydrogen) atoms. The summed E-state index contributed by atoms with van der Waals surface area (Å²) in [7, 11) is 0. The lowest BCUT2D eigenvalue weighted by molar-refractivity contribution is -0.165. The molecule has 3 unspecified atom stereocenters. The fraction of sp³-hybridized carbons (Fsp3) is 0.184. The highest BCUT2D eigenvalue weighted by molar-refractivity contribution is 6.11. The molecule has 2 saturated heterocycles. The molecule has 0 aliphatic carbocycles. The Labute approximate surface area is 324 Å². The van der Waals surface area contributed by atoms with Gasteiger partial charge in [-0.2, -0.15) is 0 Å². The number of hydrogen-bond donors (Lipinski definition) is 1. The molecule has 2 fully saturated rings. The fourth-order valence-electron chi connectivity index (χ4n) is 7.71. The Morgan fingerprint density at radius 1 is 0.482 bits per heavy atom. The van der Waals surface area contributed by atoms with Gasteiger partial charge in [-0.1, -0.05) is 121 Å². The van der Waals surface area contributed by atoms with E-state index in [4.69, 9.17) is 28.4 Å². The van der Waals surface area contributed by atoms with Crippen LogP contribution in [0.2, 0.25) is 0 Å². The van der Waals surface area contributed by atoms with Crippen molar-refractivity contribution < 1.29 is 33.5 Å². The zero-order valence-electron chi connectivity index (χ0n) is 30.7. The summed E-state index contributed by atoms with van der Waals surface area (Å²) >= 11 is 0. The van der Waals surface area contributed by atoms with Crippen LogP contribution in [-0.2, 0) is 9.47 Å². The smallest absolute Gasteiger partial charge is 0.202 e. The van der Waals surface area contributed by atoms with Gasteiger partial charge in [0.1, 0.15) is 55.0 Å². The van der Waals surface area contributed by atoms with E-state index >= 15 is 0 Å². The molecule has 0 radical (unpaired) electrons. The Hall–Kier alpha value is -6.12. The van der Waals surface area contributed by atoms with Gasteiger partial charge < -0.3 is 33.5 Å². The average Bonchev–Trinajstić information content (AvgIpc) is 4.07. The van der Waals surface area contributed by atoms with E-state index in [1.807, 2.05) is 72.8 Å². The van der Waals surface area contributed by atoms with Crippen molar-refractivity contribution in [2.75, 3.05) is 33.0 Å². The third kappa shape index (κ3) is 6.64. The molecule has 2 aliphatic heterocycles. The molecule has 0 amide bonds. The van der Waals surface area contributed by atoms with E-state index in [-0.39, 0.29) is 25.6 Å². The molecule has 2 heterocycles. The largest absolute Gasteiger partial charge is 0.490 e. The number of benzene rings is 8. The normalized spacial score (nSPS) is 16.8. The van der Waals surface area contributed by atoms with Crippen LogP contribution in [0.4, 0.5) is 0 Å². The van der Waals surface area contributed by atoms with Crippen molar-refractivity contribution in [3.63, 3.8) is 0 Å². The van der Waals surface area contributed by atoms with Crippen LogP contribution in [0, 0.1) is 0 Å². The molecule has 2 aliphatic rings. The second-order valence-electron chi connectivity index (χ2n) is 14.4. The van der Waals surface area contributed by atoms with Gasteiger partial charge in [-0.25, -0.2) is 0 Å². The van der Waals surface area contributed by atoms with E-state index < -0.39 is 6.10 Å². The Balaban J connectivity index is 0.986. The SMILES string of the molecule is OC(COc1ccc2ccccc2c1-c1c(OCC2CO2)ccc2ccccc12)COc1ccc2ccccc2c1-c1c(OC2CCO2)ccc2ccccc12. The Morgan fingerprint density at radius 2 is 0.857 bits per heavy atom. The first-order valence-electron chi connectivity index (χ1n) is 19.2. The Morgan fingerprint density at radius 3 is 1.25 bits per heavy atom. The predicted octanol–water partition coefficient (Wildman–Crippen LogP) is 10.4. The molecule has 0 spiro atoms. The van der Waals surface area contributed by atoms with Crippen molar-refractivity contribution in [3.8, 4) is 45.3 Å². The summed E-state index contributed by atoms with van der Waals surface area (Å²) in [6.07, 6.45) is -0.305. The van der Waals surface area contributed by atoms with E-state index in [1.54, 1.807) is 0 Å². The van der Waals surface area contributed by atoms with Gasteiger partial charge in [0.25, 0.3) is 0 Å². The highest BCUT2D eigenvalue weighted by atomic mass is 16.7. The number of aliphatic hydroxyl groups excluding tert-OH is 1. The van der Waals surface area contributed by atoms with E-state index in [2.05, 4.69) is 72.8 Å². The van der Waals surface area contributed by atoms with Crippen molar-refractivity contribution in [1.29, 1.82) is 0 Å². The first-order chi connectivity index (χ1) is 27.7. The van der Waals surface area contributed by atoms with Crippen LogP contribution in [0.3, 0.4) is 0 Å². The first-order valence-corrected chi connectivity index (χ1v) is 19.2. The van der Waals surface area contributed by atoms with E-state index in [9.17, 15) is 5.11 Å². The van der Waals surface area contributed by atoms with Gasteiger partial charge in [0.15, 0.2) is 0 Å². The summed E-state index contributed by atoms with van der Waals surface area (Å²) in [5, 5.41) is 20.0. The number of fused-ring (bicyclic) bond motifs is 4. The fourth-order valence-corrected chi connectivity index (χ4v) is 7.71. The molecule has 0 saturated carbocycles. The van der Waals surface area contributed by atoms with Crippen LogP contribution in [-0.4, -0.2) is 56.6 Å². The lowest BCUT2D eigenvalue weighted by Crippen LogP contribution is -2.32. The summed E-state index contributed by atoms with van der Waals surface area (Å²) in [6.45, 7) is 1.87. The van der Waals surface area contributed by atoms with Gasteiger partial charge in [-0.3, -0.25) is 0 Å². The highest BCUT2D eigenvalue weighted by Crippen LogP contribution is 2.48. The lowest BCUT2D eigenvalue weighted by Gasteiger charge is -2.29. The molecule has 1 N–H and O–H groups in total. The monoisotopic (exact) mass is 740 g/mol. The Kier molecular flexibility index (Phi) is 9.11. The number of epoxide rings is 1. The van der Waals surface area contributed by atoms with Crippen LogP contribution in [0.25, 0.3) is 65.3 Å². The third-order valence-electron chi connectivity index (χ3n) is 10.7. The molecule has 7 nitrogen and oxygen atoms in total. The predicted molar refractivity (Wildman–Crippen MR) is 221 cm³/mol. The van der Waals surface area contributed by atoms with Crippen molar-refractivity contribution in [2.45, 2.75) is 24.9 Å². The average molecular weight is 741 g/mol. The molecule has 7 heteroatoms. The molecule has 0 aromatic heterocycles. The molecule has 3 atom stereocenters. The van der Waals surface area contributed by atoms with E-state index in [0.717, 1.165) is 83.3 Å². The van der Waals surface area contributed by atoms with Gasteiger partial charge in [0.2, 0.25) is 6.29 Å². The minimum Gasteiger partial charge on any atom is -0.490 e. The van der Waals surface area contributed by atoms with Gasteiger partial charge in [0, 0.05) is 28.7 Å². The molecular formula is C49H40O7. The van der Waals surface area contributed by atoms with E-state index in [0.29, 0.717) is 31.3 Å². The molecule has 8 aromatic rings. The Bertz CT molecular complexity index is 2720. The summed E-state index contributed by atoms with van der Waals surface area (Å²) in [5.74, 6) is 2.77. The van der Waals surface area contributed by atoms with Gasteiger partial charge in [-0.05, 0) is 67.4 Å². The number of ether oxygens (including phenoxy) is 6. The minimum atomic E-state index is -0.949. The van der Waals surface area contributed by atoms with Crippen molar-refractivity contribution >= 4 is 43.1 Å². The molecule has 10 rings (SSSR count). The number of aliphatic hydroxyl groups is 1. The lowest BCUT2D eigenvalue weighted by atomic mass is 9.92. The van der Waals surface area contributed by atoms with Crippen LogP contribution in [0.5, 0.6) is 23.0 Å². The molecular weight excluding hydrogens is 701 g/mol. The highest BCUT2D eigenvalue weighted by Gasteiger charge is 2.27. The van der Waals surface area contributed by atoms with Crippen molar-refractivity contribution in [2.24, 2.45) is 0 Å². The second kappa shape index (κ2) is 14.8. The van der Waals surface area contributed by atoms with Gasteiger partial charge in [0.05, 0.1) is 13.2 Å². The first kappa shape index (κ1) is 34.4. The van der Waals surface area contributed by atoms with Gasteiger partial charge >= 0.3 is 0 Å². The maximum Gasteiger partial charge on any atom is 0.202 e. The molecule has 8 aromatic carbocycles. The van der Waals surface area contributed by atoms with Gasteiger partial charge in [-0.15, -0.1) is 0 Å². The van der Waals surface area contributed by atoms with Crippen molar-refractivity contribution in [1.82, 2.24) is 0 Å². The van der Waals surface area contributed by atoms with Crippen LogP contribution >= 0.6 is 0 Å². The van der Waals surface area contributed by atoms with Crippen LogP contribution < -0.4 is 18.9 Å². The minimum absolute atomic E-state index is 0.00493. The van der Waals surface area contributed by atoms with Crippen molar-refractivity contribution in [3.05, 3.63) is 146 Å². The maximum atomic E-state index is 11.6. The summed E-state index contributed by atoms with van der Waals surface area (Å²) in [5.41, 5.74) is 3.69. The zero-order valence-corrected chi connectivity index (χ0v) is 30.7. The zero-order chi connectivity index (χ0) is 37.4. The summed E-state index contributed by atoms with van der Waals surface area (Å²) < 4.78 is 37.2. The second-order valence-corrected chi connectivity index (χ2v) is 14.4. The molecule has 278 valence electrons. The summed E-state index contributed by atoms with van der Waals surface area (Å²) in [4.78, 5) is 0.